The summed E-state index contributed by atoms with van der Waals surface area (Å²) >= 11 is 0. The van der Waals surface area contributed by atoms with Crippen LogP contribution < -0.4 is 5.73 Å². The van der Waals surface area contributed by atoms with Crippen LogP contribution in [0, 0.1) is 5.41 Å². The second kappa shape index (κ2) is 2.83. The molecule has 0 amide bonds. The number of nitrogens with two attached hydrogens (primary N) is 1. The van der Waals surface area contributed by atoms with Crippen molar-refractivity contribution in [3.8, 4) is 0 Å². The van der Waals surface area contributed by atoms with Crippen molar-refractivity contribution < 1.29 is 0 Å². The Morgan fingerprint density at radius 1 is 1.57 bits per heavy atom. The maximum Gasteiger partial charge on any atom is 0.0704 e. The van der Waals surface area contributed by atoms with Gasteiger partial charge in [-0.05, 0) is 24.8 Å². The number of aromatic nitrogens is 2. The first-order chi connectivity index (χ1) is 6.55. The van der Waals surface area contributed by atoms with Gasteiger partial charge in [-0.25, -0.2) is 0 Å². The van der Waals surface area contributed by atoms with Crippen LogP contribution in [0.15, 0.2) is 12.3 Å². The zero-order valence-corrected chi connectivity index (χ0v) is 9.25. The highest BCUT2D eigenvalue weighted by Gasteiger charge is 2.62. The van der Waals surface area contributed by atoms with Crippen molar-refractivity contribution in [2.45, 2.75) is 39.2 Å². The van der Waals surface area contributed by atoms with Crippen molar-refractivity contribution in [3.05, 3.63) is 18.0 Å². The molecule has 1 atom stereocenters. The first-order valence-corrected chi connectivity index (χ1v) is 5.30. The largest absolute Gasteiger partial charge is 0.330 e. The van der Waals surface area contributed by atoms with Crippen molar-refractivity contribution >= 4 is 0 Å². The molecule has 3 nitrogen and oxygen atoms in total. The molecule has 78 valence electrons. The highest BCUT2D eigenvalue weighted by molar-refractivity contribution is 5.31. The fourth-order valence-corrected chi connectivity index (χ4v) is 2.39. The van der Waals surface area contributed by atoms with E-state index in [9.17, 15) is 0 Å². The zero-order valence-electron chi connectivity index (χ0n) is 9.25. The Morgan fingerprint density at radius 2 is 2.21 bits per heavy atom. The van der Waals surface area contributed by atoms with Crippen LogP contribution in [0.4, 0.5) is 0 Å². The molecule has 1 heterocycles. The smallest absolute Gasteiger partial charge is 0.0704 e. The zero-order chi connectivity index (χ0) is 10.4. The van der Waals surface area contributed by atoms with Crippen LogP contribution in [0.25, 0.3) is 0 Å². The predicted molar refractivity (Wildman–Crippen MR) is 57.0 cm³/mol. The quantitative estimate of drug-likeness (QED) is 0.791. The number of rotatable bonds is 3. The number of hydrogen-bond donors (Lipinski definition) is 1. The van der Waals surface area contributed by atoms with E-state index in [4.69, 9.17) is 5.73 Å². The van der Waals surface area contributed by atoms with E-state index in [0.29, 0.717) is 12.0 Å². The lowest BCUT2D eigenvalue weighted by molar-refractivity contribution is 0.484. The van der Waals surface area contributed by atoms with Crippen LogP contribution in [0.2, 0.25) is 0 Å². The maximum atomic E-state index is 5.88. The van der Waals surface area contributed by atoms with Crippen LogP contribution in [0.5, 0.6) is 0 Å². The molecule has 0 saturated heterocycles. The monoisotopic (exact) mass is 193 g/mol. The van der Waals surface area contributed by atoms with Crippen LogP contribution in [0.1, 0.15) is 32.9 Å². The summed E-state index contributed by atoms with van der Waals surface area (Å²) in [6, 6.07) is 2.12. The Balaban J connectivity index is 2.31. The molecule has 2 N–H and O–H groups in total. The van der Waals surface area contributed by atoms with Crippen molar-refractivity contribution in [1.82, 2.24) is 9.78 Å². The molecule has 0 aliphatic heterocycles. The van der Waals surface area contributed by atoms with Gasteiger partial charge in [0, 0.05) is 24.7 Å². The van der Waals surface area contributed by atoms with Gasteiger partial charge in [-0.3, -0.25) is 4.68 Å². The first-order valence-electron chi connectivity index (χ1n) is 5.30. The van der Waals surface area contributed by atoms with E-state index in [1.807, 2.05) is 10.9 Å². The van der Waals surface area contributed by atoms with Gasteiger partial charge in [0.25, 0.3) is 0 Å². The van der Waals surface area contributed by atoms with Crippen molar-refractivity contribution in [1.29, 1.82) is 0 Å². The van der Waals surface area contributed by atoms with Crippen molar-refractivity contribution in [3.63, 3.8) is 0 Å². The molecule has 3 heteroatoms. The highest BCUT2D eigenvalue weighted by Crippen LogP contribution is 2.63. The molecule has 1 aliphatic carbocycles. The molecule has 1 unspecified atom stereocenters. The molecule has 0 bridgehead atoms. The number of aryl methyl sites for hydroxylation is 1. The molecule has 14 heavy (non-hydrogen) atoms. The van der Waals surface area contributed by atoms with Gasteiger partial charge in [-0.15, -0.1) is 0 Å². The summed E-state index contributed by atoms with van der Waals surface area (Å²) in [5, 5.41) is 4.57. The minimum absolute atomic E-state index is 0.146. The lowest BCUT2D eigenvalue weighted by Crippen LogP contribution is -2.26. The molecular formula is C11H19N3. The van der Waals surface area contributed by atoms with Gasteiger partial charge < -0.3 is 5.73 Å². The van der Waals surface area contributed by atoms with Crippen molar-refractivity contribution in [2.24, 2.45) is 11.1 Å². The summed E-state index contributed by atoms with van der Waals surface area (Å²) in [6.07, 6.45) is 3.21. The van der Waals surface area contributed by atoms with E-state index in [0.717, 1.165) is 13.0 Å². The number of nitrogens with zero attached hydrogens (tertiary/aromatic N) is 2. The molecule has 1 aliphatic rings. The molecule has 0 aromatic carbocycles. The van der Waals surface area contributed by atoms with E-state index in [1.165, 1.54) is 5.69 Å². The summed E-state index contributed by atoms with van der Waals surface area (Å²) in [7, 11) is 0. The standard InChI is InChI=1S/C11H19N3/c1-4-14-6-5-9(13-14)11(8-12)7-10(11,2)3/h5-6H,4,7-8,12H2,1-3H3. The Morgan fingerprint density at radius 3 is 2.57 bits per heavy atom. The first kappa shape index (κ1) is 9.71. The summed E-state index contributed by atoms with van der Waals surface area (Å²) in [6.45, 7) is 8.28. The minimum atomic E-state index is 0.146. The fourth-order valence-electron chi connectivity index (χ4n) is 2.39. The number of hydrogen-bond acceptors (Lipinski definition) is 2. The molecular weight excluding hydrogens is 174 g/mol. The molecule has 1 saturated carbocycles. The van der Waals surface area contributed by atoms with E-state index < -0.39 is 0 Å². The van der Waals surface area contributed by atoms with Crippen LogP contribution in [0.3, 0.4) is 0 Å². The SMILES string of the molecule is CCn1ccc(C2(CN)CC2(C)C)n1. The summed E-state index contributed by atoms with van der Waals surface area (Å²) in [4.78, 5) is 0. The van der Waals surface area contributed by atoms with Gasteiger partial charge in [-0.1, -0.05) is 13.8 Å². The molecule has 1 aromatic heterocycles. The van der Waals surface area contributed by atoms with Gasteiger partial charge >= 0.3 is 0 Å². The highest BCUT2D eigenvalue weighted by atomic mass is 15.3. The maximum absolute atomic E-state index is 5.88. The Kier molecular flexibility index (Phi) is 1.96. The Labute approximate surface area is 85.3 Å². The fraction of sp³-hybridized carbons (Fsp3) is 0.727. The molecule has 0 spiro atoms. The predicted octanol–water partition coefficient (Wildman–Crippen LogP) is 1.53. The third-order valence-electron chi connectivity index (χ3n) is 3.72. The molecule has 2 rings (SSSR count). The summed E-state index contributed by atoms with van der Waals surface area (Å²) < 4.78 is 1.97. The van der Waals surface area contributed by atoms with Crippen LogP contribution >= 0.6 is 0 Å². The third kappa shape index (κ3) is 1.12. The third-order valence-corrected chi connectivity index (χ3v) is 3.72. The second-order valence-electron chi connectivity index (χ2n) is 4.90. The van der Waals surface area contributed by atoms with Crippen LogP contribution in [-0.4, -0.2) is 16.3 Å². The summed E-state index contributed by atoms with van der Waals surface area (Å²) in [5.41, 5.74) is 7.53. The Bertz CT molecular complexity index is 340. The van der Waals surface area contributed by atoms with Gasteiger partial charge in [0.2, 0.25) is 0 Å². The minimum Gasteiger partial charge on any atom is -0.330 e. The van der Waals surface area contributed by atoms with E-state index in [-0.39, 0.29) is 5.41 Å². The van der Waals surface area contributed by atoms with Gasteiger partial charge in [0.1, 0.15) is 0 Å². The van der Waals surface area contributed by atoms with Crippen molar-refractivity contribution in [2.75, 3.05) is 6.54 Å². The van der Waals surface area contributed by atoms with Gasteiger partial charge in [0.05, 0.1) is 5.69 Å². The topological polar surface area (TPSA) is 43.8 Å². The second-order valence-corrected chi connectivity index (χ2v) is 4.90. The van der Waals surface area contributed by atoms with E-state index in [2.05, 4.69) is 31.9 Å². The average molecular weight is 193 g/mol. The average Bonchev–Trinajstić information content (AvgIpc) is 2.57. The Hall–Kier alpha value is -0.830. The molecule has 1 aromatic rings. The lowest BCUT2D eigenvalue weighted by Gasteiger charge is -2.15. The molecule has 0 radical (unpaired) electrons. The van der Waals surface area contributed by atoms with Gasteiger partial charge in [0.15, 0.2) is 0 Å². The summed E-state index contributed by atoms with van der Waals surface area (Å²) in [5.74, 6) is 0. The van der Waals surface area contributed by atoms with E-state index in [1.54, 1.807) is 0 Å². The lowest BCUT2D eigenvalue weighted by atomic mass is 9.93. The van der Waals surface area contributed by atoms with Gasteiger partial charge in [-0.2, -0.15) is 5.10 Å². The van der Waals surface area contributed by atoms with E-state index >= 15 is 0 Å². The molecule has 1 fully saturated rings. The van der Waals surface area contributed by atoms with Crippen LogP contribution in [-0.2, 0) is 12.0 Å². The normalized spacial score (nSPS) is 29.1.